The zero-order chi connectivity index (χ0) is 15.1. The number of aryl methyl sites for hydroxylation is 1. The fourth-order valence-electron chi connectivity index (χ4n) is 1.97. The number of phenols is 1. The van der Waals surface area contributed by atoms with E-state index in [1.807, 2.05) is 30.3 Å². The number of esters is 1. The van der Waals surface area contributed by atoms with Crippen molar-refractivity contribution < 1.29 is 14.6 Å². The molecule has 0 unspecified atom stereocenters. The lowest BCUT2D eigenvalue weighted by atomic mass is 10.1. The maximum atomic E-state index is 11.7. The summed E-state index contributed by atoms with van der Waals surface area (Å²) in [7, 11) is 0. The first kappa shape index (κ1) is 15.4. The Balaban J connectivity index is 1.72. The van der Waals surface area contributed by atoms with Gasteiger partial charge in [-0.2, -0.15) is 0 Å². The van der Waals surface area contributed by atoms with Gasteiger partial charge in [0.05, 0.1) is 0 Å². The van der Waals surface area contributed by atoms with Crippen LogP contribution >= 0.6 is 11.6 Å². The van der Waals surface area contributed by atoms with Crippen molar-refractivity contribution in [3.8, 4) is 5.75 Å². The number of phenolic OH excluding ortho intramolecular Hbond substituents is 1. The molecule has 4 heteroatoms. The van der Waals surface area contributed by atoms with Gasteiger partial charge >= 0.3 is 5.97 Å². The molecule has 0 aromatic heterocycles. The molecule has 0 amide bonds. The van der Waals surface area contributed by atoms with Gasteiger partial charge in [0.15, 0.2) is 0 Å². The number of carbonyl (C=O) groups is 1. The van der Waals surface area contributed by atoms with Gasteiger partial charge in [-0.15, -0.1) is 0 Å². The highest BCUT2D eigenvalue weighted by Gasteiger charge is 2.06. The molecule has 0 bridgehead atoms. The normalized spacial score (nSPS) is 10.3. The van der Waals surface area contributed by atoms with Crippen LogP contribution in [0.3, 0.4) is 0 Å². The SMILES string of the molecule is O=C(CCCc1ccc(O)cc1Cl)OCc1ccccc1. The molecule has 2 rings (SSSR count). The van der Waals surface area contributed by atoms with Crippen LogP contribution in [0, 0.1) is 0 Å². The Bertz CT molecular complexity index is 596. The largest absolute Gasteiger partial charge is 0.508 e. The summed E-state index contributed by atoms with van der Waals surface area (Å²) in [4.78, 5) is 11.7. The van der Waals surface area contributed by atoms with Crippen molar-refractivity contribution >= 4 is 17.6 Å². The highest BCUT2D eigenvalue weighted by Crippen LogP contribution is 2.23. The fourth-order valence-corrected chi connectivity index (χ4v) is 2.24. The molecular weight excluding hydrogens is 288 g/mol. The number of carbonyl (C=O) groups excluding carboxylic acids is 1. The minimum absolute atomic E-state index is 0.144. The second-order valence-corrected chi connectivity index (χ2v) is 5.18. The molecule has 0 aliphatic carbocycles. The number of hydrogen-bond acceptors (Lipinski definition) is 3. The molecule has 21 heavy (non-hydrogen) atoms. The van der Waals surface area contributed by atoms with Crippen LogP contribution < -0.4 is 0 Å². The molecule has 0 atom stereocenters. The Labute approximate surface area is 129 Å². The summed E-state index contributed by atoms with van der Waals surface area (Å²) in [5.41, 5.74) is 1.90. The van der Waals surface area contributed by atoms with Crippen molar-refractivity contribution in [1.29, 1.82) is 0 Å². The lowest BCUT2D eigenvalue weighted by Crippen LogP contribution is -2.05. The molecule has 110 valence electrons. The number of hydrogen-bond donors (Lipinski definition) is 1. The third-order valence-electron chi connectivity index (χ3n) is 3.11. The van der Waals surface area contributed by atoms with Gasteiger partial charge in [0.2, 0.25) is 0 Å². The zero-order valence-corrected chi connectivity index (χ0v) is 12.3. The van der Waals surface area contributed by atoms with E-state index in [4.69, 9.17) is 16.3 Å². The third kappa shape index (κ3) is 5.12. The van der Waals surface area contributed by atoms with Crippen LogP contribution in [-0.2, 0) is 22.6 Å². The van der Waals surface area contributed by atoms with Crippen molar-refractivity contribution in [1.82, 2.24) is 0 Å². The Kier molecular flexibility index (Phi) is 5.64. The molecule has 0 radical (unpaired) electrons. The average molecular weight is 305 g/mol. The molecule has 0 fully saturated rings. The molecule has 0 saturated heterocycles. The van der Waals surface area contributed by atoms with Gasteiger partial charge in [-0.25, -0.2) is 0 Å². The van der Waals surface area contributed by atoms with E-state index in [1.165, 1.54) is 6.07 Å². The molecule has 0 spiro atoms. The van der Waals surface area contributed by atoms with Crippen LogP contribution in [0.5, 0.6) is 5.75 Å². The first-order valence-corrected chi connectivity index (χ1v) is 7.20. The van der Waals surface area contributed by atoms with Crippen molar-refractivity contribution in [2.75, 3.05) is 0 Å². The summed E-state index contributed by atoms with van der Waals surface area (Å²) in [5, 5.41) is 9.79. The molecule has 0 aliphatic heterocycles. The summed E-state index contributed by atoms with van der Waals surface area (Å²) in [6.45, 7) is 0.305. The number of rotatable bonds is 6. The molecule has 0 heterocycles. The minimum Gasteiger partial charge on any atom is -0.508 e. The Morgan fingerprint density at radius 3 is 2.62 bits per heavy atom. The van der Waals surface area contributed by atoms with Gasteiger partial charge in [-0.3, -0.25) is 4.79 Å². The van der Waals surface area contributed by atoms with Crippen molar-refractivity contribution in [2.45, 2.75) is 25.9 Å². The second-order valence-electron chi connectivity index (χ2n) is 4.78. The molecule has 3 nitrogen and oxygen atoms in total. The average Bonchev–Trinajstić information content (AvgIpc) is 2.48. The quantitative estimate of drug-likeness (QED) is 0.817. The predicted molar refractivity (Wildman–Crippen MR) is 82.3 cm³/mol. The van der Waals surface area contributed by atoms with E-state index in [0.29, 0.717) is 30.9 Å². The standard InChI is InChI=1S/C17H17ClO3/c18-16-11-15(19)10-9-14(16)7-4-8-17(20)21-12-13-5-2-1-3-6-13/h1-3,5-6,9-11,19H,4,7-8,12H2. The number of benzene rings is 2. The van der Waals surface area contributed by atoms with E-state index in [0.717, 1.165) is 11.1 Å². The third-order valence-corrected chi connectivity index (χ3v) is 3.46. The van der Waals surface area contributed by atoms with Gasteiger partial charge in [0.1, 0.15) is 12.4 Å². The van der Waals surface area contributed by atoms with Crippen LogP contribution in [0.1, 0.15) is 24.0 Å². The number of aromatic hydroxyl groups is 1. The first-order chi connectivity index (χ1) is 10.1. The molecule has 2 aromatic carbocycles. The Morgan fingerprint density at radius 2 is 1.90 bits per heavy atom. The maximum absolute atomic E-state index is 11.7. The first-order valence-electron chi connectivity index (χ1n) is 6.82. The van der Waals surface area contributed by atoms with Crippen molar-refractivity contribution in [3.05, 3.63) is 64.7 Å². The van der Waals surface area contributed by atoms with Gasteiger partial charge in [0.25, 0.3) is 0 Å². The van der Waals surface area contributed by atoms with Gasteiger partial charge in [0, 0.05) is 11.4 Å². The summed E-state index contributed by atoms with van der Waals surface area (Å²) in [6, 6.07) is 14.5. The predicted octanol–water partition coefficient (Wildman–Crippen LogP) is 4.11. The van der Waals surface area contributed by atoms with E-state index < -0.39 is 0 Å². The molecule has 0 saturated carbocycles. The van der Waals surface area contributed by atoms with E-state index in [9.17, 15) is 9.90 Å². The highest BCUT2D eigenvalue weighted by atomic mass is 35.5. The fraction of sp³-hybridized carbons (Fsp3) is 0.235. The van der Waals surface area contributed by atoms with E-state index >= 15 is 0 Å². The summed E-state index contributed by atoms with van der Waals surface area (Å²) in [5.74, 6) is -0.0697. The van der Waals surface area contributed by atoms with Gasteiger partial charge < -0.3 is 9.84 Å². The topological polar surface area (TPSA) is 46.5 Å². The second kappa shape index (κ2) is 7.70. The molecule has 2 aromatic rings. The van der Waals surface area contributed by atoms with Gasteiger partial charge in [-0.1, -0.05) is 48.0 Å². The summed E-state index contributed by atoms with van der Waals surface area (Å²) >= 11 is 6.01. The summed E-state index contributed by atoms with van der Waals surface area (Å²) in [6.07, 6.45) is 1.70. The lowest BCUT2D eigenvalue weighted by molar-refractivity contribution is -0.145. The zero-order valence-electron chi connectivity index (χ0n) is 11.6. The van der Waals surface area contributed by atoms with Crippen LogP contribution in [-0.4, -0.2) is 11.1 Å². The van der Waals surface area contributed by atoms with Crippen LogP contribution in [0.25, 0.3) is 0 Å². The smallest absolute Gasteiger partial charge is 0.306 e. The molecular formula is C17H17ClO3. The van der Waals surface area contributed by atoms with E-state index in [1.54, 1.807) is 12.1 Å². The Morgan fingerprint density at radius 1 is 1.14 bits per heavy atom. The minimum atomic E-state index is -0.214. The highest BCUT2D eigenvalue weighted by molar-refractivity contribution is 6.31. The van der Waals surface area contributed by atoms with E-state index in [-0.39, 0.29) is 11.7 Å². The number of halogens is 1. The monoisotopic (exact) mass is 304 g/mol. The van der Waals surface area contributed by atoms with Crippen LogP contribution in [0.4, 0.5) is 0 Å². The summed E-state index contributed by atoms with van der Waals surface area (Å²) < 4.78 is 5.20. The lowest BCUT2D eigenvalue weighted by Gasteiger charge is -2.06. The van der Waals surface area contributed by atoms with E-state index in [2.05, 4.69) is 0 Å². The van der Waals surface area contributed by atoms with Crippen molar-refractivity contribution in [2.24, 2.45) is 0 Å². The van der Waals surface area contributed by atoms with Crippen LogP contribution in [0.2, 0.25) is 5.02 Å². The molecule has 0 aliphatic rings. The maximum Gasteiger partial charge on any atom is 0.306 e. The van der Waals surface area contributed by atoms with Crippen molar-refractivity contribution in [3.63, 3.8) is 0 Å². The number of ether oxygens (including phenoxy) is 1. The Hall–Kier alpha value is -2.00. The molecule has 1 N–H and O–H groups in total. The van der Waals surface area contributed by atoms with Crippen LogP contribution in [0.15, 0.2) is 48.5 Å². The van der Waals surface area contributed by atoms with Gasteiger partial charge in [-0.05, 0) is 36.1 Å².